The molecular formula is C28H38N6O. The number of benzene rings is 1. The Bertz CT molecular complexity index is 1170. The van der Waals surface area contributed by atoms with Crippen molar-refractivity contribution < 1.29 is 4.79 Å². The number of aromatic nitrogens is 3. The standard InChI is InChI=1S/C28H38N6O/c1-4-25-31-26-19(2)17-20(3)29-27(26)34(25)18-21-7-11-23(12-8-21)30-24-13-9-22(10-14-24)28(35)32-33-15-5-6-16-33/h7-8,11-12,17,22,24,30H,4-6,9-10,13-16,18H2,1-3H3,(H,32,35). The van der Waals surface area contributed by atoms with E-state index in [2.05, 4.69) is 64.5 Å². The largest absolute Gasteiger partial charge is 0.382 e. The van der Waals surface area contributed by atoms with E-state index in [1.54, 1.807) is 0 Å². The number of hydrogen-bond donors (Lipinski definition) is 2. The zero-order valence-electron chi connectivity index (χ0n) is 21.3. The number of nitrogens with zero attached hydrogens (tertiary/aromatic N) is 4. The van der Waals surface area contributed by atoms with Gasteiger partial charge in [0.2, 0.25) is 5.91 Å². The van der Waals surface area contributed by atoms with E-state index in [1.807, 2.05) is 6.92 Å². The lowest BCUT2D eigenvalue weighted by Gasteiger charge is -2.30. The summed E-state index contributed by atoms with van der Waals surface area (Å²) in [6, 6.07) is 11.3. The second kappa shape index (κ2) is 10.4. The van der Waals surface area contributed by atoms with Gasteiger partial charge < -0.3 is 9.88 Å². The van der Waals surface area contributed by atoms with Crippen molar-refractivity contribution in [3.63, 3.8) is 0 Å². The third kappa shape index (κ3) is 5.35. The summed E-state index contributed by atoms with van der Waals surface area (Å²) in [6.45, 7) is 9.06. The maximum Gasteiger partial charge on any atom is 0.237 e. The Morgan fingerprint density at radius 3 is 2.43 bits per heavy atom. The van der Waals surface area contributed by atoms with E-state index in [4.69, 9.17) is 9.97 Å². The fourth-order valence-corrected chi connectivity index (χ4v) is 5.59. The molecule has 1 saturated carbocycles. The summed E-state index contributed by atoms with van der Waals surface area (Å²) < 4.78 is 2.26. The summed E-state index contributed by atoms with van der Waals surface area (Å²) in [4.78, 5) is 22.2. The topological polar surface area (TPSA) is 75.1 Å². The average Bonchev–Trinajstić information content (AvgIpc) is 3.49. The molecule has 1 saturated heterocycles. The molecule has 3 aromatic rings. The number of hydrogen-bond acceptors (Lipinski definition) is 5. The Morgan fingerprint density at radius 1 is 1.03 bits per heavy atom. The summed E-state index contributed by atoms with van der Waals surface area (Å²) in [5.41, 5.74) is 9.72. The summed E-state index contributed by atoms with van der Waals surface area (Å²) in [6.07, 6.45) is 7.22. The van der Waals surface area contributed by atoms with Gasteiger partial charge in [-0.15, -0.1) is 0 Å². The molecule has 2 aromatic heterocycles. The molecule has 7 heteroatoms. The number of fused-ring (bicyclic) bond motifs is 1. The van der Waals surface area contributed by atoms with E-state index in [0.717, 1.165) is 80.1 Å². The molecule has 5 rings (SSSR count). The molecular weight excluding hydrogens is 436 g/mol. The molecule has 2 aliphatic rings. The number of rotatable bonds is 7. The Hall–Kier alpha value is -2.93. The number of aryl methyl sites for hydroxylation is 3. The number of pyridine rings is 1. The number of carbonyl (C=O) groups is 1. The highest BCUT2D eigenvalue weighted by molar-refractivity contribution is 5.78. The molecule has 2 fully saturated rings. The van der Waals surface area contributed by atoms with Gasteiger partial charge in [0.25, 0.3) is 0 Å². The van der Waals surface area contributed by atoms with Gasteiger partial charge in [-0.1, -0.05) is 19.1 Å². The smallest absolute Gasteiger partial charge is 0.237 e. The maximum absolute atomic E-state index is 12.6. The zero-order chi connectivity index (χ0) is 24.4. The highest BCUT2D eigenvalue weighted by Crippen LogP contribution is 2.28. The number of imidazole rings is 1. The van der Waals surface area contributed by atoms with Gasteiger partial charge in [0.05, 0.1) is 6.54 Å². The molecule has 2 N–H and O–H groups in total. The quantitative estimate of drug-likeness (QED) is 0.517. The monoisotopic (exact) mass is 474 g/mol. The van der Waals surface area contributed by atoms with E-state index in [-0.39, 0.29) is 11.8 Å². The first-order valence-electron chi connectivity index (χ1n) is 13.2. The van der Waals surface area contributed by atoms with E-state index in [1.165, 1.54) is 24.0 Å². The highest BCUT2D eigenvalue weighted by atomic mass is 16.2. The zero-order valence-corrected chi connectivity index (χ0v) is 21.3. The molecule has 0 atom stereocenters. The first-order valence-corrected chi connectivity index (χ1v) is 13.2. The summed E-state index contributed by atoms with van der Waals surface area (Å²) in [7, 11) is 0. The van der Waals surface area contributed by atoms with Crippen molar-refractivity contribution in [1.82, 2.24) is 25.0 Å². The minimum atomic E-state index is 0.148. The fourth-order valence-electron chi connectivity index (χ4n) is 5.59. The Morgan fingerprint density at radius 2 is 1.74 bits per heavy atom. The van der Waals surface area contributed by atoms with Crippen LogP contribution in [0.15, 0.2) is 30.3 Å². The van der Waals surface area contributed by atoms with Crippen LogP contribution in [0.1, 0.15) is 68.1 Å². The molecule has 0 bridgehead atoms. The van der Waals surface area contributed by atoms with E-state index in [9.17, 15) is 4.79 Å². The lowest BCUT2D eigenvalue weighted by atomic mass is 9.85. The van der Waals surface area contributed by atoms with E-state index in [0.29, 0.717) is 6.04 Å². The van der Waals surface area contributed by atoms with E-state index >= 15 is 0 Å². The van der Waals surface area contributed by atoms with Crippen molar-refractivity contribution in [2.45, 2.75) is 78.3 Å². The Labute approximate surface area is 208 Å². The van der Waals surface area contributed by atoms with Crippen molar-refractivity contribution in [2.75, 3.05) is 18.4 Å². The SMILES string of the molecule is CCc1nc2c(C)cc(C)nc2n1Cc1ccc(NC2CCC(C(=O)NN3CCCC3)CC2)cc1. The summed E-state index contributed by atoms with van der Waals surface area (Å²) >= 11 is 0. The van der Waals surface area contributed by atoms with Crippen LogP contribution >= 0.6 is 0 Å². The first-order chi connectivity index (χ1) is 17.0. The van der Waals surface area contributed by atoms with Gasteiger partial charge in [0.1, 0.15) is 11.3 Å². The molecule has 1 aliphatic heterocycles. The van der Waals surface area contributed by atoms with Gasteiger partial charge in [-0.3, -0.25) is 10.2 Å². The van der Waals surface area contributed by atoms with Gasteiger partial charge >= 0.3 is 0 Å². The molecule has 7 nitrogen and oxygen atoms in total. The molecule has 3 heterocycles. The molecule has 0 unspecified atom stereocenters. The van der Waals surface area contributed by atoms with Gasteiger partial charge in [0.15, 0.2) is 5.65 Å². The van der Waals surface area contributed by atoms with Crippen molar-refractivity contribution in [2.24, 2.45) is 5.92 Å². The van der Waals surface area contributed by atoms with Crippen LogP contribution in [0.3, 0.4) is 0 Å². The molecule has 35 heavy (non-hydrogen) atoms. The fraction of sp³-hybridized carbons (Fsp3) is 0.536. The van der Waals surface area contributed by atoms with Crippen LogP contribution in [0.4, 0.5) is 5.69 Å². The number of anilines is 1. The first kappa shape index (κ1) is 23.8. The minimum Gasteiger partial charge on any atom is -0.382 e. The van der Waals surface area contributed by atoms with Gasteiger partial charge in [-0.25, -0.2) is 15.0 Å². The molecule has 1 aromatic carbocycles. The lowest BCUT2D eigenvalue weighted by Crippen LogP contribution is -2.44. The Balaban J connectivity index is 1.18. The van der Waals surface area contributed by atoms with Crippen LogP contribution < -0.4 is 10.7 Å². The minimum absolute atomic E-state index is 0.148. The van der Waals surface area contributed by atoms with Crippen LogP contribution in [0.25, 0.3) is 11.2 Å². The summed E-state index contributed by atoms with van der Waals surface area (Å²) in [5, 5.41) is 5.78. The highest BCUT2D eigenvalue weighted by Gasteiger charge is 2.27. The second-order valence-electron chi connectivity index (χ2n) is 10.3. The third-order valence-corrected chi connectivity index (χ3v) is 7.56. The van der Waals surface area contributed by atoms with Gasteiger partial charge in [0, 0.05) is 42.9 Å². The number of hydrazine groups is 1. The predicted molar refractivity (Wildman–Crippen MR) is 140 cm³/mol. The normalized spacial score (nSPS) is 20.9. The molecule has 0 spiro atoms. The average molecular weight is 475 g/mol. The number of carbonyl (C=O) groups excluding carboxylic acids is 1. The van der Waals surface area contributed by atoms with Crippen LogP contribution in [0.5, 0.6) is 0 Å². The molecule has 1 aliphatic carbocycles. The predicted octanol–water partition coefficient (Wildman–Crippen LogP) is 4.76. The van der Waals surface area contributed by atoms with Crippen molar-refractivity contribution >= 4 is 22.8 Å². The molecule has 0 radical (unpaired) electrons. The van der Waals surface area contributed by atoms with Gasteiger partial charge in [-0.2, -0.15) is 0 Å². The second-order valence-corrected chi connectivity index (χ2v) is 10.3. The summed E-state index contributed by atoms with van der Waals surface area (Å²) in [5.74, 6) is 1.44. The van der Waals surface area contributed by atoms with E-state index < -0.39 is 0 Å². The van der Waals surface area contributed by atoms with Crippen molar-refractivity contribution in [3.05, 3.63) is 53.0 Å². The van der Waals surface area contributed by atoms with Gasteiger partial charge in [-0.05, 0) is 81.7 Å². The molecule has 1 amide bonds. The number of nitrogens with one attached hydrogen (secondary N) is 2. The van der Waals surface area contributed by atoms with Crippen LogP contribution in [-0.2, 0) is 17.8 Å². The van der Waals surface area contributed by atoms with Crippen LogP contribution in [-0.4, -0.2) is 44.6 Å². The molecule has 186 valence electrons. The van der Waals surface area contributed by atoms with Crippen LogP contribution in [0, 0.1) is 19.8 Å². The van der Waals surface area contributed by atoms with Crippen molar-refractivity contribution in [1.29, 1.82) is 0 Å². The maximum atomic E-state index is 12.6. The number of amides is 1. The van der Waals surface area contributed by atoms with Crippen molar-refractivity contribution in [3.8, 4) is 0 Å². The Kier molecular flexibility index (Phi) is 7.04. The lowest BCUT2D eigenvalue weighted by molar-refractivity contribution is -0.130. The third-order valence-electron chi connectivity index (χ3n) is 7.56. The van der Waals surface area contributed by atoms with Crippen LogP contribution in [0.2, 0.25) is 0 Å².